The maximum Gasteiger partial charge on any atom is 0.280 e. The van der Waals surface area contributed by atoms with Gasteiger partial charge in [0.25, 0.3) is 11.8 Å². The van der Waals surface area contributed by atoms with Crippen molar-refractivity contribution in [2.24, 2.45) is 0 Å². The van der Waals surface area contributed by atoms with Crippen molar-refractivity contribution >= 4 is 5.91 Å². The molecule has 0 radical (unpaired) electrons. The molecular formula is C23H22N6O3. The molecule has 9 nitrogen and oxygen atoms in total. The number of carbonyl (C=O) groups excluding carboxylic acids is 1. The lowest BCUT2D eigenvalue weighted by Crippen LogP contribution is -2.33. The quantitative estimate of drug-likeness (QED) is 0.463. The van der Waals surface area contributed by atoms with Crippen molar-refractivity contribution < 1.29 is 14.1 Å². The maximum atomic E-state index is 12.6. The molecule has 1 aliphatic rings. The molecule has 5 rings (SSSR count). The van der Waals surface area contributed by atoms with Crippen LogP contribution in [0.1, 0.15) is 18.0 Å². The number of aromatic nitrogens is 5. The molecule has 0 spiro atoms. The predicted molar refractivity (Wildman–Crippen MR) is 116 cm³/mol. The highest BCUT2D eigenvalue weighted by Gasteiger charge is 2.29. The second kappa shape index (κ2) is 8.62. The molecular weight excluding hydrogens is 408 g/mol. The molecule has 0 bridgehead atoms. The fourth-order valence-electron chi connectivity index (χ4n) is 3.71. The van der Waals surface area contributed by atoms with E-state index in [0.29, 0.717) is 36.2 Å². The lowest BCUT2D eigenvalue weighted by Gasteiger charge is -2.17. The number of nitrogens with zero attached hydrogens (tertiary/aromatic N) is 6. The molecule has 1 amide bonds. The van der Waals surface area contributed by atoms with Crippen molar-refractivity contribution in [2.75, 3.05) is 19.7 Å². The van der Waals surface area contributed by atoms with E-state index in [1.807, 2.05) is 61.5 Å². The van der Waals surface area contributed by atoms with E-state index in [-0.39, 0.29) is 18.6 Å². The van der Waals surface area contributed by atoms with Crippen molar-refractivity contribution in [1.82, 2.24) is 30.0 Å². The van der Waals surface area contributed by atoms with Gasteiger partial charge in [0, 0.05) is 18.7 Å². The third-order valence-corrected chi connectivity index (χ3v) is 5.43. The minimum absolute atomic E-state index is 0.0169. The average Bonchev–Trinajstić information content (AvgIpc) is 3.58. The fraction of sp³-hybridized carbons (Fsp3) is 0.261. The minimum Gasteiger partial charge on any atom is -0.484 e. The van der Waals surface area contributed by atoms with Gasteiger partial charge in [-0.15, -0.1) is 5.10 Å². The van der Waals surface area contributed by atoms with Crippen LogP contribution in [0.3, 0.4) is 0 Å². The van der Waals surface area contributed by atoms with E-state index in [4.69, 9.17) is 9.26 Å². The van der Waals surface area contributed by atoms with Gasteiger partial charge in [-0.05, 0) is 31.0 Å². The van der Waals surface area contributed by atoms with E-state index in [0.717, 1.165) is 17.5 Å². The number of hydrogen-bond donors (Lipinski definition) is 0. The molecule has 1 aliphatic heterocycles. The van der Waals surface area contributed by atoms with Gasteiger partial charge in [0.1, 0.15) is 5.75 Å². The number of carbonyl (C=O) groups is 1. The van der Waals surface area contributed by atoms with Crippen molar-refractivity contribution in [2.45, 2.75) is 19.4 Å². The Morgan fingerprint density at radius 1 is 1.19 bits per heavy atom. The number of ether oxygens (including phenoxy) is 1. The second-order valence-corrected chi connectivity index (χ2v) is 7.76. The summed E-state index contributed by atoms with van der Waals surface area (Å²) >= 11 is 0. The molecule has 1 unspecified atom stereocenters. The predicted octanol–water partition coefficient (Wildman–Crippen LogP) is 3.16. The normalized spacial score (nSPS) is 15.8. The molecule has 0 aliphatic carbocycles. The van der Waals surface area contributed by atoms with Crippen LogP contribution >= 0.6 is 0 Å². The van der Waals surface area contributed by atoms with Crippen LogP contribution in [0.4, 0.5) is 0 Å². The highest BCUT2D eigenvalue weighted by Crippen LogP contribution is 2.24. The molecule has 1 atom stereocenters. The van der Waals surface area contributed by atoms with E-state index >= 15 is 0 Å². The molecule has 1 fully saturated rings. The van der Waals surface area contributed by atoms with Gasteiger partial charge in [-0.25, -0.2) is 4.68 Å². The summed E-state index contributed by atoms with van der Waals surface area (Å²) in [5, 5.41) is 12.4. The SMILES string of the molecule is Cc1cccc(OCC(=O)N2CCC(n3cc(-c4nc(-c5ccccc5)no4)nn3)C2)c1. The van der Waals surface area contributed by atoms with Gasteiger partial charge in [-0.3, -0.25) is 4.79 Å². The van der Waals surface area contributed by atoms with Gasteiger partial charge < -0.3 is 14.2 Å². The molecule has 3 heterocycles. The second-order valence-electron chi connectivity index (χ2n) is 7.76. The van der Waals surface area contributed by atoms with Gasteiger partial charge in [0.05, 0.1) is 12.2 Å². The van der Waals surface area contributed by atoms with Crippen molar-refractivity contribution in [3.05, 3.63) is 66.4 Å². The Kier molecular flexibility index (Phi) is 5.37. The number of aryl methyl sites for hydroxylation is 1. The minimum atomic E-state index is -0.0428. The van der Waals surface area contributed by atoms with E-state index in [9.17, 15) is 4.79 Å². The fourth-order valence-corrected chi connectivity index (χ4v) is 3.71. The Labute approximate surface area is 184 Å². The van der Waals surface area contributed by atoms with Crippen LogP contribution < -0.4 is 4.74 Å². The first kappa shape index (κ1) is 19.9. The molecule has 4 aromatic rings. The van der Waals surface area contributed by atoms with E-state index in [1.54, 1.807) is 15.8 Å². The number of rotatable bonds is 6. The molecule has 2 aromatic heterocycles. The zero-order valence-corrected chi connectivity index (χ0v) is 17.6. The Hall–Kier alpha value is -4.01. The summed E-state index contributed by atoms with van der Waals surface area (Å²) in [6.07, 6.45) is 2.57. The highest BCUT2D eigenvalue weighted by atomic mass is 16.5. The summed E-state index contributed by atoms with van der Waals surface area (Å²) in [4.78, 5) is 18.8. The van der Waals surface area contributed by atoms with E-state index < -0.39 is 0 Å². The summed E-state index contributed by atoms with van der Waals surface area (Å²) < 4.78 is 12.8. The van der Waals surface area contributed by atoms with Crippen LogP contribution in [0.5, 0.6) is 5.75 Å². The zero-order chi connectivity index (χ0) is 21.9. The average molecular weight is 430 g/mol. The van der Waals surface area contributed by atoms with Crippen LogP contribution in [-0.4, -0.2) is 55.6 Å². The summed E-state index contributed by atoms with van der Waals surface area (Å²) in [7, 11) is 0. The van der Waals surface area contributed by atoms with Gasteiger partial charge >= 0.3 is 0 Å². The molecule has 32 heavy (non-hydrogen) atoms. The number of likely N-dealkylation sites (tertiary alicyclic amines) is 1. The third kappa shape index (κ3) is 4.22. The summed E-state index contributed by atoms with van der Waals surface area (Å²) in [6.45, 7) is 3.21. The smallest absolute Gasteiger partial charge is 0.280 e. The van der Waals surface area contributed by atoms with Crippen LogP contribution in [0.25, 0.3) is 23.0 Å². The molecule has 2 aromatic carbocycles. The Morgan fingerprint density at radius 3 is 2.91 bits per heavy atom. The Bertz CT molecular complexity index is 1220. The number of benzene rings is 2. The van der Waals surface area contributed by atoms with Crippen LogP contribution in [0.2, 0.25) is 0 Å². The van der Waals surface area contributed by atoms with Crippen molar-refractivity contribution in [3.63, 3.8) is 0 Å². The first-order valence-corrected chi connectivity index (χ1v) is 10.4. The van der Waals surface area contributed by atoms with Gasteiger partial charge in [0.2, 0.25) is 5.82 Å². The number of amides is 1. The summed E-state index contributed by atoms with van der Waals surface area (Å²) in [6, 6.07) is 17.3. The highest BCUT2D eigenvalue weighted by molar-refractivity contribution is 5.78. The first-order chi connectivity index (χ1) is 15.7. The summed E-state index contributed by atoms with van der Waals surface area (Å²) in [5.74, 6) is 1.47. The monoisotopic (exact) mass is 430 g/mol. The number of hydrogen-bond acceptors (Lipinski definition) is 7. The standard InChI is InChI=1S/C23H22N6O3/c1-16-6-5-9-19(12-16)31-15-21(30)28-11-10-18(13-28)29-14-20(25-27-29)23-24-22(26-32-23)17-7-3-2-4-8-17/h2-9,12,14,18H,10-11,13,15H2,1H3. The largest absolute Gasteiger partial charge is 0.484 e. The first-order valence-electron chi connectivity index (χ1n) is 10.4. The molecule has 0 saturated carbocycles. The molecule has 0 N–H and O–H groups in total. The maximum absolute atomic E-state index is 12.6. The lowest BCUT2D eigenvalue weighted by atomic mass is 10.2. The zero-order valence-electron chi connectivity index (χ0n) is 17.6. The third-order valence-electron chi connectivity index (χ3n) is 5.43. The van der Waals surface area contributed by atoms with Gasteiger partial charge in [-0.1, -0.05) is 52.8 Å². The van der Waals surface area contributed by atoms with Crippen LogP contribution in [0, 0.1) is 6.92 Å². The van der Waals surface area contributed by atoms with Crippen molar-refractivity contribution in [3.8, 4) is 28.7 Å². The Balaban J connectivity index is 1.20. The summed E-state index contributed by atoms with van der Waals surface area (Å²) in [5.41, 5.74) is 2.47. The molecule has 1 saturated heterocycles. The topological polar surface area (TPSA) is 99.2 Å². The Morgan fingerprint density at radius 2 is 2.06 bits per heavy atom. The van der Waals surface area contributed by atoms with Gasteiger partial charge in [0.15, 0.2) is 12.3 Å². The van der Waals surface area contributed by atoms with Crippen molar-refractivity contribution in [1.29, 1.82) is 0 Å². The van der Waals surface area contributed by atoms with E-state index in [1.165, 1.54) is 0 Å². The molecule has 9 heteroatoms. The van der Waals surface area contributed by atoms with Gasteiger partial charge in [-0.2, -0.15) is 4.98 Å². The van der Waals surface area contributed by atoms with E-state index in [2.05, 4.69) is 20.5 Å². The van der Waals surface area contributed by atoms with Crippen LogP contribution in [-0.2, 0) is 4.79 Å². The molecule has 162 valence electrons. The lowest BCUT2D eigenvalue weighted by molar-refractivity contribution is -0.132. The van der Waals surface area contributed by atoms with Crippen LogP contribution in [0.15, 0.2) is 65.3 Å².